The summed E-state index contributed by atoms with van der Waals surface area (Å²) in [7, 11) is 0. The van der Waals surface area contributed by atoms with Crippen LogP contribution in [0.3, 0.4) is 0 Å². The highest BCUT2D eigenvalue weighted by Gasteiger charge is 2.27. The fourth-order valence-electron chi connectivity index (χ4n) is 5.66. The van der Waals surface area contributed by atoms with Gasteiger partial charge in [-0.25, -0.2) is 9.97 Å². The summed E-state index contributed by atoms with van der Waals surface area (Å²) in [4.78, 5) is 17.4. The minimum absolute atomic E-state index is 0.149. The molecule has 1 aromatic heterocycles. The van der Waals surface area contributed by atoms with Gasteiger partial charge in [0.2, 0.25) is 0 Å². The van der Waals surface area contributed by atoms with Crippen molar-refractivity contribution in [2.24, 2.45) is 0 Å². The maximum absolute atomic E-state index is 6.22. The molecule has 0 bridgehead atoms. The molecule has 3 aromatic carbocycles. The van der Waals surface area contributed by atoms with Gasteiger partial charge in [0.1, 0.15) is 11.6 Å². The minimum Gasteiger partial charge on any atom is -0.369 e. The van der Waals surface area contributed by atoms with Crippen molar-refractivity contribution < 1.29 is 0 Å². The topological polar surface area (TPSA) is 47.5 Å². The Kier molecular flexibility index (Phi) is 10.5. The maximum Gasteiger partial charge on any atom is 0.145 e. The van der Waals surface area contributed by atoms with Gasteiger partial charge >= 0.3 is 0 Å². The van der Waals surface area contributed by atoms with Crippen LogP contribution in [-0.4, -0.2) is 77.0 Å². The average Bonchev–Trinajstić information content (AvgIpc) is 3.00. The molecule has 1 fully saturated rings. The second kappa shape index (κ2) is 14.4. The van der Waals surface area contributed by atoms with Crippen molar-refractivity contribution in [3.63, 3.8) is 0 Å². The van der Waals surface area contributed by atoms with E-state index in [9.17, 15) is 0 Å². The number of benzene rings is 3. The van der Waals surface area contributed by atoms with Crippen molar-refractivity contribution in [1.29, 1.82) is 0 Å². The first-order chi connectivity index (χ1) is 20.0. The number of anilines is 1. The number of fused-ring (bicyclic) bond motifs is 1. The van der Waals surface area contributed by atoms with Crippen LogP contribution >= 0.6 is 23.2 Å². The molecule has 1 N–H and O–H groups in total. The molecule has 0 radical (unpaired) electrons. The van der Waals surface area contributed by atoms with Crippen LogP contribution in [0.5, 0.6) is 0 Å². The summed E-state index contributed by atoms with van der Waals surface area (Å²) in [6.45, 7) is 13.1. The zero-order valence-electron chi connectivity index (χ0n) is 24.1. The summed E-state index contributed by atoms with van der Waals surface area (Å²) in [5.41, 5.74) is 3.47. The van der Waals surface area contributed by atoms with Gasteiger partial charge in [-0.15, -0.1) is 0 Å². The first-order valence-electron chi connectivity index (χ1n) is 14.7. The predicted molar refractivity (Wildman–Crippen MR) is 172 cm³/mol. The van der Waals surface area contributed by atoms with Gasteiger partial charge in [0.15, 0.2) is 0 Å². The zero-order chi connectivity index (χ0) is 28.6. The van der Waals surface area contributed by atoms with Crippen LogP contribution in [0.25, 0.3) is 10.9 Å². The van der Waals surface area contributed by atoms with Crippen LogP contribution in [0, 0.1) is 0 Å². The molecule has 0 saturated carbocycles. The summed E-state index contributed by atoms with van der Waals surface area (Å²) < 4.78 is 0. The van der Waals surface area contributed by atoms with Gasteiger partial charge < -0.3 is 10.2 Å². The number of halogens is 2. The van der Waals surface area contributed by atoms with E-state index < -0.39 is 0 Å². The maximum atomic E-state index is 6.22. The minimum atomic E-state index is 0.149. The molecule has 2 heterocycles. The molecule has 8 heteroatoms. The van der Waals surface area contributed by atoms with E-state index in [1.165, 1.54) is 11.1 Å². The van der Waals surface area contributed by atoms with Crippen LogP contribution < -0.4 is 5.32 Å². The molecule has 5 rings (SSSR count). The Morgan fingerprint density at radius 3 is 2.02 bits per heavy atom. The first-order valence-corrected chi connectivity index (χ1v) is 15.5. The Hall–Kier alpha value is -2.74. The molecule has 6 nitrogen and oxygen atoms in total. The summed E-state index contributed by atoms with van der Waals surface area (Å²) in [6.07, 6.45) is 1.08. The van der Waals surface area contributed by atoms with E-state index in [2.05, 4.69) is 82.4 Å². The van der Waals surface area contributed by atoms with Gasteiger partial charge in [0, 0.05) is 48.2 Å². The van der Waals surface area contributed by atoms with E-state index in [1.54, 1.807) is 0 Å². The van der Waals surface area contributed by atoms with Crippen molar-refractivity contribution in [2.75, 3.05) is 57.7 Å². The molecule has 0 amide bonds. The van der Waals surface area contributed by atoms with Crippen LogP contribution in [0.15, 0.2) is 72.8 Å². The Bertz CT molecular complexity index is 1340. The molecule has 216 valence electrons. The highest BCUT2D eigenvalue weighted by molar-refractivity contribution is 6.30. The third kappa shape index (κ3) is 7.76. The second-order valence-electron chi connectivity index (χ2n) is 10.6. The number of para-hydroxylation sites is 1. The van der Waals surface area contributed by atoms with Crippen molar-refractivity contribution in [3.8, 4) is 0 Å². The fraction of sp³-hybridized carbons (Fsp3) is 0.394. The molecule has 1 aliphatic rings. The number of rotatable bonds is 12. The molecule has 41 heavy (non-hydrogen) atoms. The Morgan fingerprint density at radius 1 is 0.805 bits per heavy atom. The van der Waals surface area contributed by atoms with Gasteiger partial charge in [-0.1, -0.05) is 73.4 Å². The molecule has 0 spiro atoms. The van der Waals surface area contributed by atoms with E-state index in [-0.39, 0.29) is 6.04 Å². The van der Waals surface area contributed by atoms with Crippen molar-refractivity contribution in [1.82, 2.24) is 24.7 Å². The highest BCUT2D eigenvalue weighted by atomic mass is 35.5. The number of nitrogens with zero attached hydrogens (tertiary/aromatic N) is 5. The molecule has 4 aromatic rings. The Morgan fingerprint density at radius 2 is 1.41 bits per heavy atom. The van der Waals surface area contributed by atoms with Gasteiger partial charge in [0.25, 0.3) is 0 Å². The first kappa shape index (κ1) is 29.7. The number of nitrogens with one attached hydrogen (secondary N) is 1. The lowest BCUT2D eigenvalue weighted by atomic mass is 9.96. The van der Waals surface area contributed by atoms with E-state index in [4.69, 9.17) is 33.2 Å². The lowest BCUT2D eigenvalue weighted by molar-refractivity contribution is 0.103. The monoisotopic (exact) mass is 590 g/mol. The molecule has 1 saturated heterocycles. The molecule has 1 aliphatic heterocycles. The summed E-state index contributed by atoms with van der Waals surface area (Å²) in [6, 6.07) is 24.9. The second-order valence-corrected chi connectivity index (χ2v) is 11.5. The average molecular weight is 592 g/mol. The standard InChI is InChI=1S/C33H40Cl2N6/c1-3-39(4-2)19-7-18-36-33-29-8-5-6-9-30(29)37-31(38-33)24-40-20-22-41(23-21-40)32(25-10-14-27(34)15-11-25)26-12-16-28(35)17-13-26/h5-6,8-17,32H,3-4,7,18-24H2,1-2H3,(H,36,37,38). The largest absolute Gasteiger partial charge is 0.369 e. The number of hydrogen-bond acceptors (Lipinski definition) is 6. The lowest BCUT2D eigenvalue weighted by Gasteiger charge is -2.39. The van der Waals surface area contributed by atoms with Gasteiger partial charge in [0.05, 0.1) is 18.1 Å². The highest BCUT2D eigenvalue weighted by Crippen LogP contribution is 2.31. The van der Waals surface area contributed by atoms with Crippen molar-refractivity contribution in [3.05, 3.63) is 99.8 Å². The predicted octanol–water partition coefficient (Wildman–Crippen LogP) is 6.99. The van der Waals surface area contributed by atoms with Crippen LogP contribution in [-0.2, 0) is 6.54 Å². The summed E-state index contributed by atoms with van der Waals surface area (Å²) >= 11 is 12.4. The normalized spacial score (nSPS) is 14.8. The van der Waals surface area contributed by atoms with Crippen molar-refractivity contribution >= 4 is 39.9 Å². The van der Waals surface area contributed by atoms with Gasteiger partial charge in [-0.2, -0.15) is 0 Å². The van der Waals surface area contributed by atoms with Gasteiger partial charge in [-0.05, 0) is 73.6 Å². The molecular formula is C33H40Cl2N6. The fourth-order valence-corrected chi connectivity index (χ4v) is 5.92. The summed E-state index contributed by atoms with van der Waals surface area (Å²) in [5, 5.41) is 6.20. The van der Waals surface area contributed by atoms with Crippen molar-refractivity contribution in [2.45, 2.75) is 32.9 Å². The van der Waals surface area contributed by atoms with Crippen LogP contribution in [0.2, 0.25) is 10.0 Å². The summed E-state index contributed by atoms with van der Waals surface area (Å²) in [5.74, 6) is 1.81. The molecular weight excluding hydrogens is 551 g/mol. The van der Waals surface area contributed by atoms with E-state index in [0.29, 0.717) is 0 Å². The third-order valence-corrected chi connectivity index (χ3v) is 8.50. The van der Waals surface area contributed by atoms with Crippen LogP contribution in [0.4, 0.5) is 5.82 Å². The molecule has 0 unspecified atom stereocenters. The Labute approximate surface area is 254 Å². The zero-order valence-corrected chi connectivity index (χ0v) is 25.6. The number of aromatic nitrogens is 2. The molecule has 0 aliphatic carbocycles. The van der Waals surface area contributed by atoms with E-state index >= 15 is 0 Å². The third-order valence-electron chi connectivity index (χ3n) is 8.00. The number of hydrogen-bond donors (Lipinski definition) is 1. The smallest absolute Gasteiger partial charge is 0.145 e. The Balaban J connectivity index is 1.26. The van der Waals surface area contributed by atoms with E-state index in [1.807, 2.05) is 24.3 Å². The molecule has 0 atom stereocenters. The van der Waals surface area contributed by atoms with Gasteiger partial charge in [-0.3, -0.25) is 9.80 Å². The SMILES string of the molecule is CCN(CC)CCCNc1nc(CN2CCN(C(c3ccc(Cl)cc3)c3ccc(Cl)cc3)CC2)nc2ccccc12. The van der Waals surface area contributed by atoms with E-state index in [0.717, 1.165) is 97.9 Å². The van der Waals surface area contributed by atoms with Crippen LogP contribution in [0.1, 0.15) is 43.3 Å². The quantitative estimate of drug-likeness (QED) is 0.179. The number of piperazine rings is 1. The lowest BCUT2D eigenvalue weighted by Crippen LogP contribution is -2.47.